The van der Waals surface area contributed by atoms with Gasteiger partial charge in [-0.1, -0.05) is 36.4 Å². The van der Waals surface area contributed by atoms with Crippen LogP contribution in [-0.4, -0.2) is 12.5 Å². The van der Waals surface area contributed by atoms with E-state index in [0.29, 0.717) is 6.42 Å². The minimum Gasteiger partial charge on any atom is -0.326 e. The molecule has 1 amide bonds. The second-order valence-corrected chi connectivity index (χ2v) is 5.96. The van der Waals surface area contributed by atoms with E-state index in [9.17, 15) is 4.79 Å². The first-order valence-electron chi connectivity index (χ1n) is 7.82. The van der Waals surface area contributed by atoms with Crippen molar-refractivity contribution in [2.75, 3.05) is 11.9 Å². The van der Waals surface area contributed by atoms with E-state index in [1.54, 1.807) is 0 Å². The van der Waals surface area contributed by atoms with E-state index in [1.807, 2.05) is 25.1 Å². The highest BCUT2D eigenvalue weighted by molar-refractivity contribution is 5.92. The lowest BCUT2D eigenvalue weighted by Gasteiger charge is -2.26. The van der Waals surface area contributed by atoms with Gasteiger partial charge in [0.1, 0.15) is 0 Å². The highest BCUT2D eigenvalue weighted by atomic mass is 16.1. The number of hydrogen-bond acceptors (Lipinski definition) is 2. The van der Waals surface area contributed by atoms with Crippen molar-refractivity contribution in [2.24, 2.45) is 0 Å². The molecular weight excluding hydrogens is 272 g/mol. The maximum atomic E-state index is 12.4. The standard InChI is InChI=1S/C19H22N2O/c1-13-6-5-9-17(14(13)2)21-19(22)12-18-16-8-4-3-7-15(16)10-11-20-18/h3-9,18,20H,10-12H2,1-2H3,(H,21,22). The summed E-state index contributed by atoms with van der Waals surface area (Å²) in [5, 5.41) is 6.51. The lowest BCUT2D eigenvalue weighted by molar-refractivity contribution is -0.116. The lowest BCUT2D eigenvalue weighted by atomic mass is 9.92. The molecular formula is C19H22N2O. The molecule has 2 aromatic rings. The maximum absolute atomic E-state index is 12.4. The van der Waals surface area contributed by atoms with Gasteiger partial charge in [-0.2, -0.15) is 0 Å². The van der Waals surface area contributed by atoms with Crippen molar-refractivity contribution in [1.82, 2.24) is 5.32 Å². The molecule has 1 unspecified atom stereocenters. The number of benzene rings is 2. The highest BCUT2D eigenvalue weighted by Crippen LogP contribution is 2.26. The van der Waals surface area contributed by atoms with Crippen molar-refractivity contribution in [2.45, 2.75) is 32.7 Å². The van der Waals surface area contributed by atoms with E-state index < -0.39 is 0 Å². The third-order valence-corrected chi connectivity index (χ3v) is 4.48. The Hall–Kier alpha value is -2.13. The largest absolute Gasteiger partial charge is 0.326 e. The van der Waals surface area contributed by atoms with Gasteiger partial charge in [0, 0.05) is 18.2 Å². The summed E-state index contributed by atoms with van der Waals surface area (Å²) in [7, 11) is 0. The van der Waals surface area contributed by atoms with E-state index in [0.717, 1.165) is 24.2 Å². The molecule has 1 aliphatic heterocycles. The SMILES string of the molecule is Cc1cccc(NC(=O)CC2NCCc3ccccc32)c1C. The average Bonchev–Trinajstić information content (AvgIpc) is 2.52. The third-order valence-electron chi connectivity index (χ3n) is 4.48. The van der Waals surface area contributed by atoms with E-state index in [-0.39, 0.29) is 11.9 Å². The predicted octanol–water partition coefficient (Wildman–Crippen LogP) is 3.52. The number of carbonyl (C=O) groups is 1. The molecule has 22 heavy (non-hydrogen) atoms. The van der Waals surface area contributed by atoms with E-state index >= 15 is 0 Å². The summed E-state index contributed by atoms with van der Waals surface area (Å²) in [5.41, 5.74) is 5.84. The Balaban J connectivity index is 1.72. The molecule has 0 fully saturated rings. The predicted molar refractivity (Wildman–Crippen MR) is 90.1 cm³/mol. The number of rotatable bonds is 3. The molecule has 3 heteroatoms. The van der Waals surface area contributed by atoms with Crippen molar-refractivity contribution in [3.05, 3.63) is 64.7 Å². The second-order valence-electron chi connectivity index (χ2n) is 5.96. The first kappa shape index (κ1) is 14.8. The summed E-state index contributed by atoms with van der Waals surface area (Å²) in [6.45, 7) is 5.03. The number of fused-ring (bicyclic) bond motifs is 1. The van der Waals surface area contributed by atoms with Gasteiger partial charge in [-0.05, 0) is 55.1 Å². The fourth-order valence-corrected chi connectivity index (χ4v) is 3.05. The first-order chi connectivity index (χ1) is 10.6. The Bertz CT molecular complexity index is 694. The van der Waals surface area contributed by atoms with Crippen molar-refractivity contribution in [3.8, 4) is 0 Å². The zero-order chi connectivity index (χ0) is 15.5. The number of anilines is 1. The summed E-state index contributed by atoms with van der Waals surface area (Å²) in [5.74, 6) is 0.0582. The number of hydrogen-bond donors (Lipinski definition) is 2. The molecule has 2 N–H and O–H groups in total. The Morgan fingerprint density at radius 1 is 1.18 bits per heavy atom. The van der Waals surface area contributed by atoms with Crippen LogP contribution in [-0.2, 0) is 11.2 Å². The van der Waals surface area contributed by atoms with E-state index in [2.05, 4.69) is 41.8 Å². The van der Waals surface area contributed by atoms with Gasteiger partial charge < -0.3 is 10.6 Å². The van der Waals surface area contributed by atoms with Gasteiger partial charge in [-0.25, -0.2) is 0 Å². The number of amides is 1. The molecule has 0 saturated heterocycles. The van der Waals surface area contributed by atoms with Crippen molar-refractivity contribution >= 4 is 11.6 Å². The normalized spacial score (nSPS) is 16.9. The summed E-state index contributed by atoms with van der Waals surface area (Å²) < 4.78 is 0. The number of nitrogens with one attached hydrogen (secondary N) is 2. The summed E-state index contributed by atoms with van der Waals surface area (Å²) in [6, 6.07) is 14.5. The van der Waals surface area contributed by atoms with Crippen LogP contribution in [0.15, 0.2) is 42.5 Å². The van der Waals surface area contributed by atoms with Crippen molar-refractivity contribution in [1.29, 1.82) is 0 Å². The summed E-state index contributed by atoms with van der Waals surface area (Å²) in [4.78, 5) is 12.4. The van der Waals surface area contributed by atoms with Crippen LogP contribution in [0.25, 0.3) is 0 Å². The molecule has 3 nitrogen and oxygen atoms in total. The Labute approximate surface area is 131 Å². The quantitative estimate of drug-likeness (QED) is 0.909. The Morgan fingerprint density at radius 3 is 2.86 bits per heavy atom. The molecule has 114 valence electrons. The minimum absolute atomic E-state index is 0.0582. The molecule has 0 aliphatic carbocycles. The van der Waals surface area contributed by atoms with Gasteiger partial charge >= 0.3 is 0 Å². The van der Waals surface area contributed by atoms with Crippen LogP contribution in [0.5, 0.6) is 0 Å². The molecule has 1 heterocycles. The molecule has 0 aromatic heterocycles. The van der Waals surface area contributed by atoms with Crippen molar-refractivity contribution < 1.29 is 4.79 Å². The fraction of sp³-hybridized carbons (Fsp3) is 0.316. The molecule has 1 aliphatic rings. The maximum Gasteiger partial charge on any atom is 0.226 e. The topological polar surface area (TPSA) is 41.1 Å². The summed E-state index contributed by atoms with van der Waals surface area (Å²) in [6.07, 6.45) is 1.50. The molecule has 0 radical (unpaired) electrons. The van der Waals surface area contributed by atoms with E-state index in [4.69, 9.17) is 0 Å². The molecule has 0 bridgehead atoms. The van der Waals surface area contributed by atoms with Gasteiger partial charge in [-0.3, -0.25) is 4.79 Å². The van der Waals surface area contributed by atoms with Crippen LogP contribution in [0, 0.1) is 13.8 Å². The summed E-state index contributed by atoms with van der Waals surface area (Å²) >= 11 is 0. The minimum atomic E-state index is 0.0582. The molecule has 1 atom stereocenters. The monoisotopic (exact) mass is 294 g/mol. The van der Waals surface area contributed by atoms with Crippen LogP contribution in [0.2, 0.25) is 0 Å². The van der Waals surface area contributed by atoms with Crippen molar-refractivity contribution in [3.63, 3.8) is 0 Å². The fourth-order valence-electron chi connectivity index (χ4n) is 3.05. The average molecular weight is 294 g/mol. The van der Waals surface area contributed by atoms with Gasteiger partial charge in [0.25, 0.3) is 0 Å². The zero-order valence-electron chi connectivity index (χ0n) is 13.1. The van der Waals surface area contributed by atoms with Gasteiger partial charge in [0.15, 0.2) is 0 Å². The van der Waals surface area contributed by atoms with Gasteiger partial charge in [-0.15, -0.1) is 0 Å². The Kier molecular flexibility index (Phi) is 4.25. The smallest absolute Gasteiger partial charge is 0.226 e. The van der Waals surface area contributed by atoms with Crippen LogP contribution < -0.4 is 10.6 Å². The second kappa shape index (κ2) is 6.32. The van der Waals surface area contributed by atoms with Crippen LogP contribution in [0.1, 0.15) is 34.7 Å². The highest BCUT2D eigenvalue weighted by Gasteiger charge is 2.21. The molecule has 3 rings (SSSR count). The molecule has 0 spiro atoms. The van der Waals surface area contributed by atoms with E-state index in [1.165, 1.54) is 16.7 Å². The lowest BCUT2D eigenvalue weighted by Crippen LogP contribution is -2.32. The number of carbonyl (C=O) groups excluding carboxylic acids is 1. The van der Waals surface area contributed by atoms with Crippen LogP contribution in [0.3, 0.4) is 0 Å². The molecule has 2 aromatic carbocycles. The molecule has 0 saturated carbocycles. The van der Waals surface area contributed by atoms with Crippen LogP contribution >= 0.6 is 0 Å². The Morgan fingerprint density at radius 2 is 2.00 bits per heavy atom. The number of aryl methyl sites for hydroxylation is 1. The van der Waals surface area contributed by atoms with Gasteiger partial charge in [0.2, 0.25) is 5.91 Å². The van der Waals surface area contributed by atoms with Gasteiger partial charge in [0.05, 0.1) is 0 Å². The third kappa shape index (κ3) is 3.04. The first-order valence-corrected chi connectivity index (χ1v) is 7.82. The zero-order valence-corrected chi connectivity index (χ0v) is 13.1. The van der Waals surface area contributed by atoms with Crippen LogP contribution in [0.4, 0.5) is 5.69 Å².